The largest absolute Gasteiger partial charge is 0.484 e. The average Bonchev–Trinajstić information content (AvgIpc) is 2.70. The summed E-state index contributed by atoms with van der Waals surface area (Å²) < 4.78 is 18.8. The average molecular weight is 467 g/mol. The van der Waals surface area contributed by atoms with Gasteiger partial charge >= 0.3 is 0 Å². The van der Waals surface area contributed by atoms with Crippen molar-refractivity contribution in [2.75, 3.05) is 19.7 Å². The van der Waals surface area contributed by atoms with Gasteiger partial charge in [0.05, 0.1) is 11.1 Å². The summed E-state index contributed by atoms with van der Waals surface area (Å²) in [5.41, 5.74) is -0.552. The predicted octanol–water partition coefficient (Wildman–Crippen LogP) is 1.27. The summed E-state index contributed by atoms with van der Waals surface area (Å²) in [6.07, 6.45) is 3.68. The van der Waals surface area contributed by atoms with Crippen molar-refractivity contribution in [3.63, 3.8) is 0 Å². The van der Waals surface area contributed by atoms with Crippen LogP contribution in [-0.4, -0.2) is 54.5 Å². The van der Waals surface area contributed by atoms with E-state index in [0.29, 0.717) is 32.2 Å². The van der Waals surface area contributed by atoms with Gasteiger partial charge in [-0.1, -0.05) is 11.6 Å². The maximum atomic E-state index is 13.4. The molecule has 8 nitrogen and oxygen atoms in total. The molecule has 32 heavy (non-hydrogen) atoms. The quantitative estimate of drug-likeness (QED) is 0.461. The lowest BCUT2D eigenvalue weighted by Crippen LogP contribution is -2.84. The second kappa shape index (κ2) is 8.86. The number of rotatable bonds is 8. The van der Waals surface area contributed by atoms with Crippen molar-refractivity contribution in [1.29, 1.82) is 0 Å². The smallest absolute Gasteiger partial charge is 0.258 e. The van der Waals surface area contributed by atoms with Crippen LogP contribution >= 0.6 is 11.6 Å². The second-order valence-electron chi connectivity index (χ2n) is 9.33. The Bertz CT molecular complexity index is 907. The van der Waals surface area contributed by atoms with Crippen molar-refractivity contribution in [3.8, 4) is 5.75 Å². The zero-order chi connectivity index (χ0) is 22.9. The lowest BCUT2D eigenvalue weighted by Gasteiger charge is -2.70. The number of ether oxygens (including phenoxy) is 1. The molecular formula is C22H28ClFN4O4. The molecular weight excluding hydrogens is 439 g/mol. The van der Waals surface area contributed by atoms with E-state index in [1.807, 2.05) is 0 Å². The van der Waals surface area contributed by atoms with E-state index in [1.165, 1.54) is 19.1 Å². The highest BCUT2D eigenvalue weighted by Crippen LogP contribution is 2.60. The molecule has 2 atom stereocenters. The molecule has 3 aliphatic carbocycles. The molecule has 0 spiro atoms. The highest BCUT2D eigenvalue weighted by molar-refractivity contribution is 6.30. The van der Waals surface area contributed by atoms with E-state index in [9.17, 15) is 18.8 Å². The fourth-order valence-electron chi connectivity index (χ4n) is 5.12. The number of hydrogen-bond donors (Lipinski definition) is 4. The molecule has 3 saturated carbocycles. The Morgan fingerprint density at radius 2 is 1.94 bits per heavy atom. The number of halogens is 2. The number of benzene rings is 1. The van der Waals surface area contributed by atoms with Gasteiger partial charge in [-0.3, -0.25) is 14.4 Å². The van der Waals surface area contributed by atoms with Gasteiger partial charge in [0.25, 0.3) is 5.91 Å². The summed E-state index contributed by atoms with van der Waals surface area (Å²) in [6, 6.07) is 3.75. The zero-order valence-corrected chi connectivity index (χ0v) is 18.7. The van der Waals surface area contributed by atoms with Gasteiger partial charge in [0.15, 0.2) is 6.61 Å². The molecule has 3 amide bonds. The Hall–Kier alpha value is -2.39. The Labute approximate surface area is 191 Å². The molecule has 2 unspecified atom stereocenters. The molecule has 1 aromatic rings. The van der Waals surface area contributed by atoms with Crippen molar-refractivity contribution >= 4 is 29.3 Å². The van der Waals surface area contributed by atoms with E-state index in [-0.39, 0.29) is 58.1 Å². The first-order valence-electron chi connectivity index (χ1n) is 10.9. The van der Waals surface area contributed by atoms with Gasteiger partial charge in [0.2, 0.25) is 11.8 Å². The van der Waals surface area contributed by atoms with Crippen molar-refractivity contribution in [3.05, 3.63) is 29.0 Å². The molecule has 4 aliphatic rings. The van der Waals surface area contributed by atoms with Crippen LogP contribution < -0.4 is 26.0 Å². The normalized spacial score (nSPS) is 30.3. The molecule has 1 saturated heterocycles. The number of carbonyl (C=O) groups is 3. The van der Waals surface area contributed by atoms with Crippen LogP contribution in [0.4, 0.5) is 4.39 Å². The van der Waals surface area contributed by atoms with Crippen LogP contribution in [-0.2, 0) is 14.4 Å². The van der Waals surface area contributed by atoms with Crippen molar-refractivity contribution < 1.29 is 23.5 Å². The summed E-state index contributed by atoms with van der Waals surface area (Å²) in [7, 11) is 0. The van der Waals surface area contributed by atoms with Gasteiger partial charge in [-0.15, -0.1) is 0 Å². The van der Waals surface area contributed by atoms with Gasteiger partial charge in [-0.25, -0.2) is 4.39 Å². The van der Waals surface area contributed by atoms with E-state index in [4.69, 9.17) is 16.3 Å². The first-order chi connectivity index (χ1) is 15.2. The van der Waals surface area contributed by atoms with Gasteiger partial charge in [0.1, 0.15) is 11.6 Å². The van der Waals surface area contributed by atoms with E-state index in [1.54, 1.807) is 0 Å². The molecule has 4 N–H and O–H groups in total. The molecule has 4 fully saturated rings. The van der Waals surface area contributed by atoms with E-state index < -0.39 is 5.82 Å². The zero-order valence-electron chi connectivity index (χ0n) is 17.9. The summed E-state index contributed by atoms with van der Waals surface area (Å²) in [4.78, 5) is 36.1. The molecule has 0 radical (unpaired) electrons. The molecule has 10 heteroatoms. The minimum absolute atomic E-state index is 0.00492. The highest BCUT2D eigenvalue weighted by atomic mass is 35.5. The summed E-state index contributed by atoms with van der Waals surface area (Å²) in [6.45, 7) is 2.61. The summed E-state index contributed by atoms with van der Waals surface area (Å²) in [5.74, 6) is -0.448. The molecule has 1 aliphatic heterocycles. The molecule has 5 rings (SSSR count). The summed E-state index contributed by atoms with van der Waals surface area (Å²) >= 11 is 5.63. The highest BCUT2D eigenvalue weighted by Gasteiger charge is 2.69. The third kappa shape index (κ3) is 4.99. The Kier molecular flexibility index (Phi) is 6.31. The van der Waals surface area contributed by atoms with Crippen LogP contribution in [0.1, 0.15) is 39.0 Å². The number of nitrogens with one attached hydrogen (secondary N) is 4. The van der Waals surface area contributed by atoms with E-state index >= 15 is 0 Å². The number of carbonyl (C=O) groups excluding carboxylic acids is 3. The first-order valence-corrected chi connectivity index (χ1v) is 11.2. The van der Waals surface area contributed by atoms with Gasteiger partial charge in [-0.2, -0.15) is 0 Å². The van der Waals surface area contributed by atoms with Crippen LogP contribution in [0.25, 0.3) is 0 Å². The maximum absolute atomic E-state index is 13.4. The molecule has 2 bridgehead atoms. The number of amides is 3. The molecule has 1 heterocycles. The minimum Gasteiger partial charge on any atom is -0.484 e. The van der Waals surface area contributed by atoms with Gasteiger partial charge in [0, 0.05) is 30.6 Å². The van der Waals surface area contributed by atoms with Crippen LogP contribution in [0.5, 0.6) is 5.75 Å². The van der Waals surface area contributed by atoms with Crippen molar-refractivity contribution in [2.24, 2.45) is 5.92 Å². The van der Waals surface area contributed by atoms with Crippen LogP contribution in [0.3, 0.4) is 0 Å². The van der Waals surface area contributed by atoms with Crippen LogP contribution in [0, 0.1) is 11.7 Å². The third-order valence-electron chi connectivity index (χ3n) is 6.55. The third-order valence-corrected chi connectivity index (χ3v) is 6.86. The van der Waals surface area contributed by atoms with Crippen LogP contribution in [0.15, 0.2) is 18.2 Å². The van der Waals surface area contributed by atoms with E-state index in [0.717, 1.165) is 19.0 Å². The summed E-state index contributed by atoms with van der Waals surface area (Å²) in [5, 5.41) is 12.2. The first kappa shape index (κ1) is 22.8. The van der Waals surface area contributed by atoms with Crippen molar-refractivity contribution in [2.45, 2.75) is 56.1 Å². The topological polar surface area (TPSA) is 109 Å². The van der Waals surface area contributed by atoms with Crippen LogP contribution in [0.2, 0.25) is 5.02 Å². The lowest BCUT2D eigenvalue weighted by atomic mass is 9.44. The fourth-order valence-corrected chi connectivity index (χ4v) is 5.24. The number of hydrogen-bond acceptors (Lipinski definition) is 5. The SMILES string of the molecule is CC(=O)NCC1CCNC(C(=O)NC23CC(NC(=O)COc4ccc(Cl)c(F)c4)(C2)C3)C1. The van der Waals surface area contributed by atoms with Gasteiger partial charge < -0.3 is 26.0 Å². The van der Waals surface area contributed by atoms with Gasteiger partial charge in [-0.05, 0) is 56.7 Å². The Balaban J connectivity index is 1.18. The molecule has 174 valence electrons. The minimum atomic E-state index is -0.601. The monoisotopic (exact) mass is 466 g/mol. The molecule has 0 aromatic heterocycles. The lowest BCUT2D eigenvalue weighted by molar-refractivity contribution is -0.151. The maximum Gasteiger partial charge on any atom is 0.258 e. The standard InChI is InChI=1S/C22H28ClFN4O4/c1-13(29)26-8-14-4-5-25-18(6-14)20(31)28-22-10-21(11-22,12-22)27-19(30)9-32-15-2-3-16(23)17(24)7-15/h2-3,7,14,18,25H,4-6,8-12H2,1H3,(H,26,29)(H,27,30)(H,28,31). The second-order valence-corrected chi connectivity index (χ2v) is 9.73. The predicted molar refractivity (Wildman–Crippen MR) is 116 cm³/mol. The Morgan fingerprint density at radius 1 is 1.22 bits per heavy atom. The van der Waals surface area contributed by atoms with E-state index in [2.05, 4.69) is 21.3 Å². The Morgan fingerprint density at radius 3 is 2.62 bits per heavy atom. The molecule has 1 aromatic carbocycles. The number of piperidine rings is 1. The van der Waals surface area contributed by atoms with Crippen molar-refractivity contribution in [1.82, 2.24) is 21.3 Å². The fraction of sp³-hybridized carbons (Fsp3) is 0.591.